The lowest BCUT2D eigenvalue weighted by Crippen LogP contribution is -2.47. The normalized spacial score (nSPS) is 21.4. The third-order valence-electron chi connectivity index (χ3n) is 5.53. The summed E-state index contributed by atoms with van der Waals surface area (Å²) in [4.78, 5) is 30.9. The van der Waals surface area contributed by atoms with Gasteiger partial charge < -0.3 is 15.1 Å². The predicted octanol–water partition coefficient (Wildman–Crippen LogP) is 2.30. The van der Waals surface area contributed by atoms with Crippen LogP contribution >= 0.6 is 0 Å². The second kappa shape index (κ2) is 9.74. The Morgan fingerprint density at radius 2 is 1.96 bits per heavy atom. The topological polar surface area (TPSA) is 55.9 Å². The first-order valence-electron chi connectivity index (χ1n) is 10.3. The molecule has 2 fully saturated rings. The van der Waals surface area contributed by atoms with Gasteiger partial charge in [0.15, 0.2) is 0 Å². The fourth-order valence-corrected chi connectivity index (χ4v) is 4.07. The first-order valence-corrected chi connectivity index (χ1v) is 10.3. The number of nitrogens with one attached hydrogen (secondary N) is 1. The van der Waals surface area contributed by atoms with Crippen molar-refractivity contribution in [3.8, 4) is 0 Å². The molecule has 2 heterocycles. The summed E-state index contributed by atoms with van der Waals surface area (Å²) in [7, 11) is 0. The van der Waals surface area contributed by atoms with Crippen LogP contribution in [0.2, 0.25) is 0 Å². The van der Waals surface area contributed by atoms with Gasteiger partial charge in [-0.3, -0.25) is 9.69 Å². The van der Waals surface area contributed by atoms with E-state index in [1.165, 1.54) is 12.0 Å². The van der Waals surface area contributed by atoms with Crippen molar-refractivity contribution in [1.82, 2.24) is 20.0 Å². The van der Waals surface area contributed by atoms with Crippen LogP contribution in [0.1, 0.15) is 38.2 Å². The van der Waals surface area contributed by atoms with Crippen molar-refractivity contribution in [1.29, 1.82) is 0 Å². The number of hydrogen-bond donors (Lipinski definition) is 1. The van der Waals surface area contributed by atoms with Crippen LogP contribution < -0.4 is 5.32 Å². The molecule has 27 heavy (non-hydrogen) atoms. The molecule has 1 atom stereocenters. The molecule has 0 aromatic heterocycles. The van der Waals surface area contributed by atoms with E-state index >= 15 is 0 Å². The Hall–Kier alpha value is -2.08. The molecule has 6 nitrogen and oxygen atoms in total. The Morgan fingerprint density at radius 1 is 1.15 bits per heavy atom. The van der Waals surface area contributed by atoms with Gasteiger partial charge in [0, 0.05) is 38.8 Å². The number of carbonyl (C=O) groups excluding carboxylic acids is 2. The fourth-order valence-electron chi connectivity index (χ4n) is 4.07. The van der Waals surface area contributed by atoms with Gasteiger partial charge in [-0.2, -0.15) is 0 Å². The maximum Gasteiger partial charge on any atom is 0.317 e. The molecule has 3 amide bonds. The Balaban J connectivity index is 1.48. The molecule has 0 aliphatic carbocycles. The lowest BCUT2D eigenvalue weighted by atomic mass is 10.2. The smallest absolute Gasteiger partial charge is 0.317 e. The molecule has 1 aromatic rings. The lowest BCUT2D eigenvalue weighted by molar-refractivity contribution is -0.130. The molecule has 0 saturated carbocycles. The minimum Gasteiger partial charge on any atom is -0.341 e. The van der Waals surface area contributed by atoms with Gasteiger partial charge in [0.05, 0.1) is 0 Å². The van der Waals surface area contributed by atoms with E-state index in [4.69, 9.17) is 0 Å². The van der Waals surface area contributed by atoms with Crippen LogP contribution in [0.3, 0.4) is 0 Å². The van der Waals surface area contributed by atoms with E-state index < -0.39 is 0 Å². The summed E-state index contributed by atoms with van der Waals surface area (Å²) >= 11 is 0. The van der Waals surface area contributed by atoms with Crippen LogP contribution in [-0.4, -0.2) is 71.9 Å². The van der Waals surface area contributed by atoms with Gasteiger partial charge in [-0.15, -0.1) is 0 Å². The molecule has 148 valence electrons. The zero-order valence-corrected chi connectivity index (χ0v) is 16.4. The minimum absolute atomic E-state index is 0.0658. The third-order valence-corrected chi connectivity index (χ3v) is 5.53. The van der Waals surface area contributed by atoms with Crippen LogP contribution in [0.25, 0.3) is 0 Å². The first kappa shape index (κ1) is 19.7. The zero-order chi connectivity index (χ0) is 19.1. The van der Waals surface area contributed by atoms with Gasteiger partial charge in [0.1, 0.15) is 6.54 Å². The van der Waals surface area contributed by atoms with Gasteiger partial charge in [0.25, 0.3) is 0 Å². The van der Waals surface area contributed by atoms with E-state index in [9.17, 15) is 9.59 Å². The van der Waals surface area contributed by atoms with E-state index in [-0.39, 0.29) is 18.5 Å². The Bertz CT molecular complexity index is 622. The van der Waals surface area contributed by atoms with Crippen LogP contribution in [0.4, 0.5) is 4.79 Å². The molecule has 2 aliphatic rings. The average molecular weight is 373 g/mol. The van der Waals surface area contributed by atoms with Crippen LogP contribution in [0, 0.1) is 0 Å². The molecule has 0 bridgehead atoms. The highest BCUT2D eigenvalue weighted by Crippen LogP contribution is 2.19. The van der Waals surface area contributed by atoms with Crippen LogP contribution in [0.15, 0.2) is 30.3 Å². The standard InChI is InChI=1S/C21H32N4O2/c1-2-11-23-13-7-14-25(17-20(23)26)21(27)22-15-19-10-6-12-24(19)16-18-8-4-3-5-9-18/h3-5,8-9,19H,2,6-7,10-17H2,1H3,(H,22,27). The molecule has 1 unspecified atom stereocenters. The van der Waals surface area contributed by atoms with E-state index in [1.807, 2.05) is 11.0 Å². The van der Waals surface area contributed by atoms with Crippen molar-refractivity contribution in [3.63, 3.8) is 0 Å². The fraction of sp³-hybridized carbons (Fsp3) is 0.619. The minimum atomic E-state index is -0.103. The lowest BCUT2D eigenvalue weighted by Gasteiger charge is -2.27. The highest BCUT2D eigenvalue weighted by Gasteiger charge is 2.27. The van der Waals surface area contributed by atoms with Crippen molar-refractivity contribution in [2.45, 2.75) is 45.2 Å². The Kier molecular flexibility index (Phi) is 7.10. The van der Waals surface area contributed by atoms with Crippen LogP contribution in [-0.2, 0) is 11.3 Å². The number of rotatable bonds is 6. The number of urea groups is 1. The molecule has 3 rings (SSSR count). The van der Waals surface area contributed by atoms with Gasteiger partial charge in [-0.25, -0.2) is 4.79 Å². The largest absolute Gasteiger partial charge is 0.341 e. The van der Waals surface area contributed by atoms with Crippen LogP contribution in [0.5, 0.6) is 0 Å². The van der Waals surface area contributed by atoms with Crippen molar-refractivity contribution >= 4 is 11.9 Å². The molecule has 1 N–H and O–H groups in total. The summed E-state index contributed by atoms with van der Waals surface area (Å²) in [5.41, 5.74) is 1.31. The number of hydrogen-bond acceptors (Lipinski definition) is 3. The van der Waals surface area contributed by atoms with Crippen molar-refractivity contribution in [3.05, 3.63) is 35.9 Å². The van der Waals surface area contributed by atoms with Gasteiger partial charge >= 0.3 is 6.03 Å². The second-order valence-corrected chi connectivity index (χ2v) is 7.59. The molecular formula is C21H32N4O2. The van der Waals surface area contributed by atoms with Crippen molar-refractivity contribution in [2.75, 3.05) is 39.3 Å². The van der Waals surface area contributed by atoms with Gasteiger partial charge in [-0.05, 0) is 37.8 Å². The third kappa shape index (κ3) is 5.45. The summed E-state index contributed by atoms with van der Waals surface area (Å²) in [5.74, 6) is 0.0658. The molecule has 2 saturated heterocycles. The highest BCUT2D eigenvalue weighted by atomic mass is 16.2. The van der Waals surface area contributed by atoms with E-state index in [0.717, 1.165) is 45.4 Å². The monoisotopic (exact) mass is 372 g/mol. The maximum absolute atomic E-state index is 12.6. The van der Waals surface area contributed by atoms with E-state index in [0.29, 0.717) is 19.1 Å². The van der Waals surface area contributed by atoms with E-state index in [1.54, 1.807) is 4.90 Å². The van der Waals surface area contributed by atoms with Gasteiger partial charge in [0.2, 0.25) is 5.91 Å². The summed E-state index contributed by atoms with van der Waals surface area (Å²) in [6.45, 7) is 7.11. The first-order chi connectivity index (χ1) is 13.2. The average Bonchev–Trinajstić information content (AvgIpc) is 3.03. The van der Waals surface area contributed by atoms with Crippen molar-refractivity contribution < 1.29 is 9.59 Å². The number of carbonyl (C=O) groups is 2. The zero-order valence-electron chi connectivity index (χ0n) is 16.4. The predicted molar refractivity (Wildman–Crippen MR) is 106 cm³/mol. The summed E-state index contributed by atoms with van der Waals surface area (Å²) in [6, 6.07) is 10.7. The summed E-state index contributed by atoms with van der Waals surface area (Å²) in [6.07, 6.45) is 4.08. The van der Waals surface area contributed by atoms with E-state index in [2.05, 4.69) is 41.4 Å². The molecule has 0 spiro atoms. The van der Waals surface area contributed by atoms with Gasteiger partial charge in [-0.1, -0.05) is 37.3 Å². The summed E-state index contributed by atoms with van der Waals surface area (Å²) < 4.78 is 0. The molecular weight excluding hydrogens is 340 g/mol. The highest BCUT2D eigenvalue weighted by molar-refractivity contribution is 5.84. The Morgan fingerprint density at radius 3 is 2.74 bits per heavy atom. The summed E-state index contributed by atoms with van der Waals surface area (Å²) in [5, 5.41) is 3.08. The number of likely N-dealkylation sites (tertiary alicyclic amines) is 1. The number of benzene rings is 1. The molecule has 2 aliphatic heterocycles. The Labute approximate surface area is 162 Å². The number of nitrogens with zero attached hydrogens (tertiary/aromatic N) is 3. The molecule has 0 radical (unpaired) electrons. The van der Waals surface area contributed by atoms with Crippen molar-refractivity contribution in [2.24, 2.45) is 0 Å². The quantitative estimate of drug-likeness (QED) is 0.834. The SMILES string of the molecule is CCCN1CCCN(C(=O)NCC2CCCN2Cc2ccccc2)CC1=O. The second-order valence-electron chi connectivity index (χ2n) is 7.59. The number of amides is 3. The molecule has 1 aromatic carbocycles. The molecule has 6 heteroatoms. The maximum atomic E-state index is 12.6.